The molecule has 2 atom stereocenters. The highest BCUT2D eigenvalue weighted by atomic mass is 15.3. The molecule has 2 unspecified atom stereocenters. The Labute approximate surface area is 84.1 Å². The van der Waals surface area contributed by atoms with Crippen molar-refractivity contribution in [1.82, 2.24) is 10.2 Å². The van der Waals surface area contributed by atoms with Crippen LogP contribution in [0.5, 0.6) is 0 Å². The Kier molecular flexibility index (Phi) is 2.27. The first-order valence-corrected chi connectivity index (χ1v) is 5.02. The van der Waals surface area contributed by atoms with E-state index < -0.39 is 0 Å². The SMILES string of the molecule is CC1CC(C)N(c2ccc(N)nn2)C1. The Morgan fingerprint density at radius 1 is 1.36 bits per heavy atom. The van der Waals surface area contributed by atoms with Gasteiger partial charge in [0.2, 0.25) is 0 Å². The summed E-state index contributed by atoms with van der Waals surface area (Å²) in [5.41, 5.74) is 5.50. The van der Waals surface area contributed by atoms with Crippen LogP contribution in [0, 0.1) is 5.92 Å². The highest BCUT2D eigenvalue weighted by Gasteiger charge is 2.26. The Morgan fingerprint density at radius 3 is 2.64 bits per heavy atom. The third-order valence-corrected chi connectivity index (χ3v) is 2.75. The summed E-state index contributed by atoms with van der Waals surface area (Å²) >= 11 is 0. The van der Waals surface area contributed by atoms with Crippen molar-refractivity contribution in [2.45, 2.75) is 26.3 Å². The molecule has 0 aromatic carbocycles. The standard InChI is InChI=1S/C10H16N4/c1-7-5-8(2)14(6-7)10-4-3-9(11)12-13-10/h3-4,7-8H,5-6H2,1-2H3,(H2,11,12). The molecule has 0 aliphatic carbocycles. The van der Waals surface area contributed by atoms with Crippen LogP contribution in [0.4, 0.5) is 11.6 Å². The van der Waals surface area contributed by atoms with Crippen molar-refractivity contribution in [3.63, 3.8) is 0 Å². The zero-order chi connectivity index (χ0) is 10.1. The van der Waals surface area contributed by atoms with Crippen LogP contribution in [-0.4, -0.2) is 22.8 Å². The fraction of sp³-hybridized carbons (Fsp3) is 0.600. The molecule has 0 spiro atoms. The van der Waals surface area contributed by atoms with Gasteiger partial charge >= 0.3 is 0 Å². The van der Waals surface area contributed by atoms with Crippen molar-refractivity contribution >= 4 is 11.6 Å². The number of aromatic nitrogens is 2. The molecule has 0 saturated carbocycles. The van der Waals surface area contributed by atoms with E-state index in [-0.39, 0.29) is 0 Å². The average Bonchev–Trinajstić information content (AvgIpc) is 2.47. The molecular weight excluding hydrogens is 176 g/mol. The summed E-state index contributed by atoms with van der Waals surface area (Å²) < 4.78 is 0. The second-order valence-corrected chi connectivity index (χ2v) is 4.16. The predicted molar refractivity (Wildman–Crippen MR) is 57.0 cm³/mol. The zero-order valence-corrected chi connectivity index (χ0v) is 8.64. The van der Waals surface area contributed by atoms with Crippen LogP contribution < -0.4 is 10.6 Å². The Balaban J connectivity index is 2.19. The number of nitrogen functional groups attached to an aromatic ring is 1. The maximum Gasteiger partial charge on any atom is 0.151 e. The Morgan fingerprint density at radius 2 is 2.14 bits per heavy atom. The Bertz CT molecular complexity index is 308. The maximum atomic E-state index is 5.50. The lowest BCUT2D eigenvalue weighted by Crippen LogP contribution is -2.27. The molecule has 1 aliphatic rings. The number of nitrogens with two attached hydrogens (primary N) is 1. The van der Waals surface area contributed by atoms with E-state index >= 15 is 0 Å². The van der Waals surface area contributed by atoms with E-state index in [0.717, 1.165) is 18.3 Å². The highest BCUT2D eigenvalue weighted by molar-refractivity contribution is 5.43. The molecule has 2 heterocycles. The Hall–Kier alpha value is -1.32. The minimum atomic E-state index is 0.480. The molecule has 0 bridgehead atoms. The summed E-state index contributed by atoms with van der Waals surface area (Å²) in [6, 6.07) is 4.30. The van der Waals surface area contributed by atoms with Gasteiger partial charge in [-0.1, -0.05) is 6.92 Å². The molecule has 14 heavy (non-hydrogen) atoms. The monoisotopic (exact) mass is 192 g/mol. The minimum Gasteiger partial charge on any atom is -0.382 e. The van der Waals surface area contributed by atoms with E-state index in [4.69, 9.17) is 5.73 Å². The lowest BCUT2D eigenvalue weighted by atomic mass is 10.1. The van der Waals surface area contributed by atoms with E-state index in [2.05, 4.69) is 28.9 Å². The van der Waals surface area contributed by atoms with Gasteiger partial charge in [0, 0.05) is 12.6 Å². The number of rotatable bonds is 1. The van der Waals surface area contributed by atoms with E-state index in [1.807, 2.05) is 6.07 Å². The molecule has 2 rings (SSSR count). The second-order valence-electron chi connectivity index (χ2n) is 4.16. The molecule has 76 valence electrons. The summed E-state index contributed by atoms with van der Waals surface area (Å²) in [7, 11) is 0. The van der Waals surface area contributed by atoms with E-state index in [0.29, 0.717) is 11.9 Å². The van der Waals surface area contributed by atoms with Crippen LogP contribution in [0.3, 0.4) is 0 Å². The summed E-state index contributed by atoms with van der Waals surface area (Å²) in [4.78, 5) is 2.29. The van der Waals surface area contributed by atoms with E-state index in [1.54, 1.807) is 6.07 Å². The first-order valence-electron chi connectivity index (χ1n) is 5.02. The van der Waals surface area contributed by atoms with Gasteiger partial charge in [-0.3, -0.25) is 0 Å². The van der Waals surface area contributed by atoms with Gasteiger partial charge in [0.05, 0.1) is 0 Å². The highest BCUT2D eigenvalue weighted by Crippen LogP contribution is 2.26. The van der Waals surface area contributed by atoms with Crippen LogP contribution in [0.2, 0.25) is 0 Å². The molecule has 1 aromatic heterocycles. The van der Waals surface area contributed by atoms with Gasteiger partial charge in [-0.05, 0) is 31.4 Å². The van der Waals surface area contributed by atoms with Gasteiger partial charge in [-0.15, -0.1) is 10.2 Å². The second kappa shape index (κ2) is 3.44. The summed E-state index contributed by atoms with van der Waals surface area (Å²) in [6.45, 7) is 5.56. The van der Waals surface area contributed by atoms with Crippen LogP contribution in [-0.2, 0) is 0 Å². The predicted octanol–water partition coefficient (Wildman–Crippen LogP) is 1.29. The normalized spacial score (nSPS) is 26.9. The van der Waals surface area contributed by atoms with Gasteiger partial charge in [-0.2, -0.15) is 0 Å². The van der Waals surface area contributed by atoms with Gasteiger partial charge in [0.25, 0.3) is 0 Å². The molecule has 2 N–H and O–H groups in total. The lowest BCUT2D eigenvalue weighted by molar-refractivity contribution is 0.625. The lowest BCUT2D eigenvalue weighted by Gasteiger charge is -2.21. The van der Waals surface area contributed by atoms with Crippen LogP contribution in [0.1, 0.15) is 20.3 Å². The van der Waals surface area contributed by atoms with Crippen molar-refractivity contribution in [2.24, 2.45) is 5.92 Å². The van der Waals surface area contributed by atoms with E-state index in [9.17, 15) is 0 Å². The van der Waals surface area contributed by atoms with Crippen LogP contribution in [0.15, 0.2) is 12.1 Å². The molecule has 4 heteroatoms. The summed E-state index contributed by atoms with van der Waals surface area (Å²) in [5.74, 6) is 2.16. The number of anilines is 2. The third kappa shape index (κ3) is 1.64. The molecule has 0 amide bonds. The largest absolute Gasteiger partial charge is 0.382 e. The molecule has 4 nitrogen and oxygen atoms in total. The fourth-order valence-electron chi connectivity index (χ4n) is 2.11. The summed E-state index contributed by atoms with van der Waals surface area (Å²) in [6.07, 6.45) is 1.23. The van der Waals surface area contributed by atoms with Gasteiger partial charge < -0.3 is 10.6 Å². The number of nitrogens with zero attached hydrogens (tertiary/aromatic N) is 3. The topological polar surface area (TPSA) is 55.0 Å². The van der Waals surface area contributed by atoms with Crippen molar-refractivity contribution < 1.29 is 0 Å². The smallest absolute Gasteiger partial charge is 0.151 e. The molecular formula is C10H16N4. The van der Waals surface area contributed by atoms with Crippen molar-refractivity contribution in [2.75, 3.05) is 17.2 Å². The quantitative estimate of drug-likeness (QED) is 0.728. The molecule has 1 aliphatic heterocycles. The first kappa shape index (κ1) is 9.24. The van der Waals surface area contributed by atoms with Crippen LogP contribution >= 0.6 is 0 Å². The molecule has 1 aromatic rings. The van der Waals surface area contributed by atoms with Gasteiger partial charge in [-0.25, -0.2) is 0 Å². The van der Waals surface area contributed by atoms with Crippen molar-refractivity contribution in [3.8, 4) is 0 Å². The summed E-state index contributed by atoms with van der Waals surface area (Å²) in [5, 5.41) is 7.97. The fourth-order valence-corrected chi connectivity index (χ4v) is 2.11. The first-order chi connectivity index (χ1) is 6.66. The third-order valence-electron chi connectivity index (χ3n) is 2.75. The molecule has 1 fully saturated rings. The van der Waals surface area contributed by atoms with Crippen molar-refractivity contribution in [3.05, 3.63) is 12.1 Å². The number of hydrogen-bond donors (Lipinski definition) is 1. The number of hydrogen-bond acceptors (Lipinski definition) is 4. The maximum absolute atomic E-state index is 5.50. The van der Waals surface area contributed by atoms with E-state index in [1.165, 1.54) is 6.42 Å². The van der Waals surface area contributed by atoms with Crippen molar-refractivity contribution in [1.29, 1.82) is 0 Å². The zero-order valence-electron chi connectivity index (χ0n) is 8.64. The molecule has 0 radical (unpaired) electrons. The average molecular weight is 192 g/mol. The molecule has 1 saturated heterocycles. The van der Waals surface area contributed by atoms with Gasteiger partial charge in [0.15, 0.2) is 5.82 Å². The van der Waals surface area contributed by atoms with Gasteiger partial charge in [0.1, 0.15) is 5.82 Å². The minimum absolute atomic E-state index is 0.480. The van der Waals surface area contributed by atoms with Crippen LogP contribution in [0.25, 0.3) is 0 Å².